The zero-order valence-corrected chi connectivity index (χ0v) is 15.0. The molecule has 5 heteroatoms. The third kappa shape index (κ3) is 2.34. The fourth-order valence-corrected chi connectivity index (χ4v) is 4.64. The summed E-state index contributed by atoms with van der Waals surface area (Å²) < 4.78 is 0. The van der Waals surface area contributed by atoms with Crippen LogP contribution < -0.4 is 4.90 Å². The number of carbonyl (C=O) groups excluding carboxylic acids is 3. The lowest BCUT2D eigenvalue weighted by Gasteiger charge is -2.31. The highest BCUT2D eigenvalue weighted by atomic mass is 16.2. The van der Waals surface area contributed by atoms with E-state index in [1.165, 1.54) is 11.3 Å². The first-order valence-corrected chi connectivity index (χ1v) is 9.57. The van der Waals surface area contributed by atoms with Crippen molar-refractivity contribution in [2.45, 2.75) is 44.7 Å². The summed E-state index contributed by atoms with van der Waals surface area (Å²) in [6.07, 6.45) is 5.59. The summed E-state index contributed by atoms with van der Waals surface area (Å²) in [6.45, 7) is 0.475. The van der Waals surface area contributed by atoms with E-state index in [9.17, 15) is 14.4 Å². The number of fused-ring (bicyclic) bond motifs is 2. The van der Waals surface area contributed by atoms with E-state index in [2.05, 4.69) is 0 Å². The van der Waals surface area contributed by atoms with E-state index in [4.69, 9.17) is 0 Å². The van der Waals surface area contributed by atoms with Gasteiger partial charge in [0.2, 0.25) is 0 Å². The molecule has 5 nitrogen and oxygen atoms in total. The molecule has 0 aromatic heterocycles. The van der Waals surface area contributed by atoms with E-state index in [0.717, 1.165) is 31.2 Å². The number of anilines is 1. The molecule has 2 aromatic carbocycles. The average Bonchev–Trinajstić information content (AvgIpc) is 3.18. The van der Waals surface area contributed by atoms with Gasteiger partial charge in [0.25, 0.3) is 17.7 Å². The number of benzene rings is 2. The summed E-state index contributed by atoms with van der Waals surface area (Å²) in [5.41, 5.74) is 2.81. The molecule has 0 bridgehead atoms. The lowest BCUT2D eigenvalue weighted by molar-refractivity contribution is 0.0660. The van der Waals surface area contributed by atoms with Gasteiger partial charge in [-0.15, -0.1) is 0 Å². The Kier molecular flexibility index (Phi) is 3.64. The molecule has 1 saturated carbocycles. The van der Waals surface area contributed by atoms with Crippen LogP contribution in [-0.4, -0.2) is 28.7 Å². The summed E-state index contributed by atoms with van der Waals surface area (Å²) >= 11 is 0. The molecule has 0 N–H and O–H groups in total. The van der Waals surface area contributed by atoms with Gasteiger partial charge in [0.1, 0.15) is 0 Å². The maximum atomic E-state index is 13.0. The molecule has 0 atom stereocenters. The Morgan fingerprint density at radius 2 is 1.33 bits per heavy atom. The van der Waals surface area contributed by atoms with Crippen molar-refractivity contribution in [1.82, 2.24) is 4.90 Å². The third-order valence-corrected chi connectivity index (χ3v) is 6.02. The van der Waals surface area contributed by atoms with E-state index in [-0.39, 0.29) is 23.8 Å². The highest BCUT2D eigenvalue weighted by Gasteiger charge is 2.41. The Morgan fingerprint density at radius 1 is 0.704 bits per heavy atom. The second kappa shape index (κ2) is 6.05. The highest BCUT2D eigenvalue weighted by molar-refractivity contribution is 6.34. The van der Waals surface area contributed by atoms with Crippen LogP contribution in [0.25, 0.3) is 0 Å². The smallest absolute Gasteiger partial charge is 0.266 e. The molecule has 3 amide bonds. The monoisotopic (exact) mass is 360 g/mol. The molecule has 0 unspecified atom stereocenters. The largest absolute Gasteiger partial charge is 0.331 e. The first kappa shape index (κ1) is 16.2. The minimum absolute atomic E-state index is 0.0235. The molecular weight excluding hydrogens is 340 g/mol. The third-order valence-electron chi connectivity index (χ3n) is 6.02. The van der Waals surface area contributed by atoms with Crippen LogP contribution in [0.1, 0.15) is 68.7 Å². The van der Waals surface area contributed by atoms with Gasteiger partial charge in [-0.3, -0.25) is 14.4 Å². The Labute approximate surface area is 157 Å². The molecule has 2 aromatic rings. The molecule has 2 aliphatic heterocycles. The van der Waals surface area contributed by atoms with Crippen LogP contribution in [0.2, 0.25) is 0 Å². The first-order valence-electron chi connectivity index (χ1n) is 9.57. The topological polar surface area (TPSA) is 57.7 Å². The van der Waals surface area contributed by atoms with E-state index in [0.29, 0.717) is 28.9 Å². The summed E-state index contributed by atoms with van der Waals surface area (Å²) in [7, 11) is 0. The van der Waals surface area contributed by atoms with Crippen molar-refractivity contribution in [2.24, 2.45) is 0 Å². The van der Waals surface area contributed by atoms with Gasteiger partial charge < -0.3 is 4.90 Å². The molecule has 0 spiro atoms. The van der Waals surface area contributed by atoms with E-state index in [1.807, 2.05) is 11.0 Å². The van der Waals surface area contributed by atoms with Crippen LogP contribution in [0.5, 0.6) is 0 Å². The van der Waals surface area contributed by atoms with Gasteiger partial charge in [-0.05, 0) is 37.1 Å². The van der Waals surface area contributed by atoms with Gasteiger partial charge in [0, 0.05) is 23.7 Å². The molecule has 136 valence electrons. The molecule has 3 aliphatic rings. The fourth-order valence-electron chi connectivity index (χ4n) is 4.64. The molecule has 0 saturated heterocycles. The van der Waals surface area contributed by atoms with Crippen LogP contribution in [0, 0.1) is 0 Å². The highest BCUT2D eigenvalue weighted by Crippen LogP contribution is 2.38. The van der Waals surface area contributed by atoms with Crippen molar-refractivity contribution < 1.29 is 14.4 Å². The maximum absolute atomic E-state index is 13.0. The van der Waals surface area contributed by atoms with E-state index >= 15 is 0 Å². The van der Waals surface area contributed by atoms with Crippen LogP contribution >= 0.6 is 0 Å². The van der Waals surface area contributed by atoms with Crippen molar-refractivity contribution in [3.8, 4) is 0 Å². The molecule has 27 heavy (non-hydrogen) atoms. The second-order valence-corrected chi connectivity index (χ2v) is 7.52. The minimum Gasteiger partial charge on any atom is -0.331 e. The number of amides is 3. The van der Waals surface area contributed by atoms with Gasteiger partial charge in [0.05, 0.1) is 16.8 Å². The molecular formula is C22H20N2O3. The Morgan fingerprint density at radius 3 is 2.00 bits per heavy atom. The number of carbonyl (C=O) groups is 3. The van der Waals surface area contributed by atoms with Crippen molar-refractivity contribution in [3.63, 3.8) is 0 Å². The van der Waals surface area contributed by atoms with Crippen molar-refractivity contribution in [2.75, 3.05) is 4.90 Å². The Bertz CT molecular complexity index is 940. The second-order valence-electron chi connectivity index (χ2n) is 7.52. The summed E-state index contributed by atoms with van der Waals surface area (Å²) in [6, 6.07) is 12.5. The van der Waals surface area contributed by atoms with Gasteiger partial charge in [-0.2, -0.15) is 0 Å². The van der Waals surface area contributed by atoms with Crippen LogP contribution in [-0.2, 0) is 6.54 Å². The number of hydrogen-bond acceptors (Lipinski definition) is 3. The Balaban J connectivity index is 1.54. The standard InChI is InChI=1S/C22H20N2O3/c25-20-17-11-6-12-19(18(17)13-23(20)14-7-2-1-3-8-14)24-21(26)15-9-4-5-10-16(15)22(24)27/h4-6,9-12,14H,1-3,7-8,13H2. The Hall–Kier alpha value is -2.95. The van der Waals surface area contributed by atoms with Crippen molar-refractivity contribution in [3.05, 3.63) is 64.7 Å². The van der Waals surface area contributed by atoms with Crippen molar-refractivity contribution >= 4 is 23.4 Å². The van der Waals surface area contributed by atoms with Crippen molar-refractivity contribution in [1.29, 1.82) is 0 Å². The quantitative estimate of drug-likeness (QED) is 0.766. The fraction of sp³-hybridized carbons (Fsp3) is 0.318. The molecule has 5 rings (SSSR count). The lowest BCUT2D eigenvalue weighted by atomic mass is 9.94. The van der Waals surface area contributed by atoms with Gasteiger partial charge >= 0.3 is 0 Å². The summed E-state index contributed by atoms with van der Waals surface area (Å²) in [4.78, 5) is 41.9. The van der Waals surface area contributed by atoms with Gasteiger partial charge in [0.15, 0.2) is 0 Å². The van der Waals surface area contributed by atoms with E-state index in [1.54, 1.807) is 36.4 Å². The SMILES string of the molecule is O=C1c2ccccc2C(=O)N1c1cccc2c1CN(C1CCCCC1)C2=O. The van der Waals surface area contributed by atoms with E-state index < -0.39 is 0 Å². The predicted octanol–water partition coefficient (Wildman–Crippen LogP) is 3.78. The number of nitrogens with zero attached hydrogens (tertiary/aromatic N) is 2. The molecule has 1 fully saturated rings. The van der Waals surface area contributed by atoms with Crippen LogP contribution in [0.15, 0.2) is 42.5 Å². The molecule has 1 aliphatic carbocycles. The molecule has 2 heterocycles. The zero-order valence-electron chi connectivity index (χ0n) is 15.0. The van der Waals surface area contributed by atoms with Crippen LogP contribution in [0.4, 0.5) is 5.69 Å². The average molecular weight is 360 g/mol. The van der Waals surface area contributed by atoms with Gasteiger partial charge in [-0.25, -0.2) is 4.90 Å². The van der Waals surface area contributed by atoms with Crippen LogP contribution in [0.3, 0.4) is 0 Å². The molecule has 0 radical (unpaired) electrons. The van der Waals surface area contributed by atoms with Gasteiger partial charge in [-0.1, -0.05) is 37.5 Å². The zero-order chi connectivity index (χ0) is 18.5. The summed E-state index contributed by atoms with van der Waals surface area (Å²) in [5, 5.41) is 0. The maximum Gasteiger partial charge on any atom is 0.266 e. The lowest BCUT2D eigenvalue weighted by Crippen LogP contribution is -2.37. The minimum atomic E-state index is -0.312. The summed E-state index contributed by atoms with van der Waals surface area (Å²) in [5.74, 6) is -0.601. The number of hydrogen-bond donors (Lipinski definition) is 0. The predicted molar refractivity (Wildman–Crippen MR) is 101 cm³/mol. The number of imide groups is 1. The normalized spacial score (nSPS) is 19.6. The first-order chi connectivity index (χ1) is 13.2. The number of rotatable bonds is 2.